The number of benzene rings is 2. The molecule has 0 saturated heterocycles. The number of ether oxygens (including phenoxy) is 1. The molecule has 1 aliphatic heterocycles. The Balaban J connectivity index is 1.77. The molecule has 0 aromatic heterocycles. The smallest absolute Gasteiger partial charge is 0.233 e. The van der Waals surface area contributed by atoms with E-state index in [1.165, 1.54) is 12.1 Å². The fourth-order valence-corrected chi connectivity index (χ4v) is 2.28. The van der Waals surface area contributed by atoms with E-state index in [9.17, 15) is 9.90 Å². The van der Waals surface area contributed by atoms with E-state index < -0.39 is 0 Å². The second-order valence-corrected chi connectivity index (χ2v) is 5.01. The third-order valence-corrected chi connectivity index (χ3v) is 3.27. The highest BCUT2D eigenvalue weighted by Crippen LogP contribution is 2.33. The molecule has 0 fully saturated rings. The Bertz CT molecular complexity index is 707. The van der Waals surface area contributed by atoms with Crippen molar-refractivity contribution in [1.29, 1.82) is 0 Å². The molecule has 21 heavy (non-hydrogen) atoms. The molecule has 106 valence electrons. The minimum atomic E-state index is -0.162. The van der Waals surface area contributed by atoms with Gasteiger partial charge in [0.2, 0.25) is 5.78 Å². The third-order valence-electron chi connectivity index (χ3n) is 3.27. The van der Waals surface area contributed by atoms with Crippen molar-refractivity contribution in [3.05, 3.63) is 71.6 Å². The van der Waals surface area contributed by atoms with E-state index in [1.54, 1.807) is 12.3 Å². The summed E-state index contributed by atoms with van der Waals surface area (Å²) >= 11 is 0. The first-order valence-electron chi connectivity index (χ1n) is 6.65. The number of hydrogen-bond acceptors (Lipinski definition) is 4. The van der Waals surface area contributed by atoms with Crippen molar-refractivity contribution < 1.29 is 14.6 Å². The molecule has 0 aliphatic carbocycles. The fourth-order valence-electron chi connectivity index (χ4n) is 2.28. The summed E-state index contributed by atoms with van der Waals surface area (Å²) in [5.41, 5.74) is 1.63. The zero-order chi connectivity index (χ0) is 14.8. The summed E-state index contributed by atoms with van der Waals surface area (Å²) in [7, 11) is 1.89. The molecule has 1 N–H and O–H groups in total. The Morgan fingerprint density at radius 1 is 1.19 bits per heavy atom. The van der Waals surface area contributed by atoms with Crippen LogP contribution in [0.5, 0.6) is 11.5 Å². The number of ketones is 1. The van der Waals surface area contributed by atoms with Crippen molar-refractivity contribution in [3.8, 4) is 11.5 Å². The number of hydrogen-bond donors (Lipinski definition) is 1. The number of allylic oxidation sites excluding steroid dienone is 1. The van der Waals surface area contributed by atoms with Gasteiger partial charge in [0.15, 0.2) is 5.76 Å². The van der Waals surface area contributed by atoms with Gasteiger partial charge in [0.25, 0.3) is 0 Å². The van der Waals surface area contributed by atoms with E-state index in [-0.39, 0.29) is 17.3 Å². The van der Waals surface area contributed by atoms with Crippen molar-refractivity contribution in [2.24, 2.45) is 0 Å². The first-order chi connectivity index (χ1) is 10.1. The van der Waals surface area contributed by atoms with Crippen LogP contribution < -0.4 is 4.74 Å². The first-order valence-corrected chi connectivity index (χ1v) is 6.65. The number of aromatic hydroxyl groups is 1. The van der Waals surface area contributed by atoms with Crippen LogP contribution in [0.1, 0.15) is 15.9 Å². The zero-order valence-corrected chi connectivity index (χ0v) is 11.6. The molecule has 1 aliphatic rings. The Morgan fingerprint density at radius 3 is 2.71 bits per heavy atom. The lowest BCUT2D eigenvalue weighted by molar-refractivity contribution is 0.101. The monoisotopic (exact) mass is 281 g/mol. The van der Waals surface area contributed by atoms with Gasteiger partial charge in [-0.15, -0.1) is 0 Å². The van der Waals surface area contributed by atoms with Gasteiger partial charge < -0.3 is 14.7 Å². The molecule has 4 heteroatoms. The summed E-state index contributed by atoms with van der Waals surface area (Å²) < 4.78 is 5.52. The van der Waals surface area contributed by atoms with Gasteiger partial charge in [-0.1, -0.05) is 30.3 Å². The molecule has 4 nitrogen and oxygen atoms in total. The number of rotatable bonds is 3. The molecule has 3 rings (SSSR count). The van der Waals surface area contributed by atoms with Gasteiger partial charge >= 0.3 is 0 Å². The summed E-state index contributed by atoms with van der Waals surface area (Å²) in [6.07, 6.45) is 1.69. The van der Waals surface area contributed by atoms with E-state index >= 15 is 0 Å². The van der Waals surface area contributed by atoms with Gasteiger partial charge in [0.1, 0.15) is 11.5 Å². The lowest BCUT2D eigenvalue weighted by Crippen LogP contribution is -2.13. The maximum Gasteiger partial charge on any atom is 0.233 e. The number of phenols is 1. The summed E-state index contributed by atoms with van der Waals surface area (Å²) in [4.78, 5) is 14.1. The molecular weight excluding hydrogens is 266 g/mol. The molecule has 1 heterocycles. The maximum absolute atomic E-state index is 12.2. The molecule has 2 aromatic carbocycles. The standard InChI is InChI=1S/C17H15NO3/c1-18(10-12-5-3-2-4-6-12)11-16-17(20)14-8-7-13(19)9-15(14)21-16/h2-9,11,19H,10H2,1H3/b16-11-. The topological polar surface area (TPSA) is 49.8 Å². The summed E-state index contributed by atoms with van der Waals surface area (Å²) in [6, 6.07) is 14.5. The Labute approximate surface area is 122 Å². The molecule has 0 saturated carbocycles. The minimum absolute atomic E-state index is 0.0837. The van der Waals surface area contributed by atoms with Crippen LogP contribution in [0, 0.1) is 0 Å². The summed E-state index contributed by atoms with van der Waals surface area (Å²) in [5.74, 6) is 0.596. The van der Waals surface area contributed by atoms with Crippen LogP contribution in [-0.2, 0) is 6.54 Å². The molecule has 0 radical (unpaired) electrons. The minimum Gasteiger partial charge on any atom is -0.508 e. The number of Topliss-reactive ketones (excluding diaryl/α,β-unsaturated/α-hetero) is 1. The predicted octanol–water partition coefficient (Wildman–Crippen LogP) is 2.94. The first kappa shape index (κ1) is 13.2. The molecule has 0 spiro atoms. The van der Waals surface area contributed by atoms with E-state index in [0.717, 1.165) is 5.56 Å². The number of carbonyl (C=O) groups excluding carboxylic acids is 1. The highest BCUT2D eigenvalue weighted by atomic mass is 16.5. The van der Waals surface area contributed by atoms with Gasteiger partial charge in [0, 0.05) is 25.9 Å². The highest BCUT2D eigenvalue weighted by Gasteiger charge is 2.27. The van der Waals surface area contributed by atoms with Gasteiger partial charge in [-0.3, -0.25) is 4.79 Å². The number of phenolic OH excluding ortho intramolecular Hbond substituents is 1. The number of carbonyl (C=O) groups is 1. The average molecular weight is 281 g/mol. The van der Waals surface area contributed by atoms with Gasteiger partial charge in [-0.05, 0) is 17.7 Å². The van der Waals surface area contributed by atoms with Crippen LogP contribution in [0.2, 0.25) is 0 Å². The quantitative estimate of drug-likeness (QED) is 0.879. The van der Waals surface area contributed by atoms with Crippen LogP contribution >= 0.6 is 0 Å². The van der Waals surface area contributed by atoms with Gasteiger partial charge in [0.05, 0.1) is 5.56 Å². The second kappa shape index (κ2) is 5.32. The molecule has 0 amide bonds. The maximum atomic E-state index is 12.2. The Kier molecular flexibility index (Phi) is 3.36. The SMILES string of the molecule is CN(/C=C1\Oc2cc(O)ccc2C1=O)Cc1ccccc1. The molecule has 0 unspecified atom stereocenters. The van der Waals surface area contributed by atoms with Crippen molar-refractivity contribution >= 4 is 5.78 Å². The van der Waals surface area contributed by atoms with E-state index in [4.69, 9.17) is 4.74 Å². The largest absolute Gasteiger partial charge is 0.508 e. The van der Waals surface area contributed by atoms with Crippen LogP contribution in [0.15, 0.2) is 60.5 Å². The fraction of sp³-hybridized carbons (Fsp3) is 0.118. The lowest BCUT2D eigenvalue weighted by Gasteiger charge is -2.14. The van der Waals surface area contributed by atoms with Crippen LogP contribution in [0.25, 0.3) is 0 Å². The van der Waals surface area contributed by atoms with Crippen molar-refractivity contribution in [2.75, 3.05) is 7.05 Å². The third kappa shape index (κ3) is 2.74. The average Bonchev–Trinajstić information content (AvgIpc) is 2.75. The predicted molar refractivity (Wildman–Crippen MR) is 79.1 cm³/mol. The summed E-state index contributed by atoms with van der Waals surface area (Å²) in [6.45, 7) is 0.683. The van der Waals surface area contributed by atoms with E-state index in [0.29, 0.717) is 17.9 Å². The van der Waals surface area contributed by atoms with Gasteiger partial charge in [-0.25, -0.2) is 0 Å². The Hall–Kier alpha value is -2.75. The normalized spacial score (nSPS) is 14.9. The number of fused-ring (bicyclic) bond motifs is 1. The van der Waals surface area contributed by atoms with E-state index in [2.05, 4.69) is 0 Å². The highest BCUT2D eigenvalue weighted by molar-refractivity contribution is 6.12. The van der Waals surface area contributed by atoms with E-state index in [1.807, 2.05) is 42.3 Å². The number of nitrogens with zero attached hydrogens (tertiary/aromatic N) is 1. The van der Waals surface area contributed by atoms with Crippen molar-refractivity contribution in [1.82, 2.24) is 4.90 Å². The van der Waals surface area contributed by atoms with Crippen LogP contribution in [0.4, 0.5) is 0 Å². The zero-order valence-electron chi connectivity index (χ0n) is 11.6. The van der Waals surface area contributed by atoms with Crippen molar-refractivity contribution in [2.45, 2.75) is 6.54 Å². The molecular formula is C17H15NO3. The van der Waals surface area contributed by atoms with Crippen LogP contribution in [0.3, 0.4) is 0 Å². The lowest BCUT2D eigenvalue weighted by atomic mass is 10.1. The van der Waals surface area contributed by atoms with Crippen LogP contribution in [-0.4, -0.2) is 22.8 Å². The van der Waals surface area contributed by atoms with Crippen molar-refractivity contribution in [3.63, 3.8) is 0 Å². The Morgan fingerprint density at radius 2 is 1.95 bits per heavy atom. The summed E-state index contributed by atoms with van der Waals surface area (Å²) in [5, 5.41) is 9.42. The molecule has 0 bridgehead atoms. The molecule has 2 aromatic rings. The van der Waals surface area contributed by atoms with Gasteiger partial charge in [-0.2, -0.15) is 0 Å². The second-order valence-electron chi connectivity index (χ2n) is 5.01. The molecule has 0 atom stereocenters.